The molecule has 0 bridgehead atoms. The van der Waals surface area contributed by atoms with Gasteiger partial charge in [-0.15, -0.1) is 35.3 Å². The SMILES string of the molecule is CCNC(=NCc1cccc(NC(=O)c2ccco2)c1)NCC(C)Cc1cccs1.I. The molecule has 3 N–H and O–H groups in total. The third-order valence-corrected chi connectivity index (χ3v) is 5.34. The summed E-state index contributed by atoms with van der Waals surface area (Å²) in [6, 6.07) is 15.3. The molecule has 31 heavy (non-hydrogen) atoms. The highest BCUT2D eigenvalue weighted by molar-refractivity contribution is 14.0. The van der Waals surface area contributed by atoms with E-state index in [2.05, 4.69) is 52.3 Å². The molecule has 2 heterocycles. The molecule has 0 aliphatic carbocycles. The Labute approximate surface area is 204 Å². The molecule has 1 atom stereocenters. The Morgan fingerprint density at radius 3 is 2.74 bits per heavy atom. The summed E-state index contributed by atoms with van der Waals surface area (Å²) in [5.41, 5.74) is 1.72. The van der Waals surface area contributed by atoms with E-state index in [4.69, 9.17) is 4.42 Å². The average molecular weight is 552 g/mol. The maximum Gasteiger partial charge on any atom is 0.291 e. The normalized spacial score (nSPS) is 12.0. The molecule has 166 valence electrons. The van der Waals surface area contributed by atoms with Crippen LogP contribution in [-0.2, 0) is 13.0 Å². The zero-order chi connectivity index (χ0) is 21.2. The molecule has 1 aromatic carbocycles. The second kappa shape index (κ2) is 13.2. The van der Waals surface area contributed by atoms with Gasteiger partial charge in [0.15, 0.2) is 11.7 Å². The number of halogens is 1. The summed E-state index contributed by atoms with van der Waals surface area (Å²) in [5.74, 6) is 1.32. The Morgan fingerprint density at radius 2 is 2.03 bits per heavy atom. The molecule has 0 saturated carbocycles. The Hall–Kier alpha value is -2.33. The average Bonchev–Trinajstić information content (AvgIpc) is 3.44. The lowest BCUT2D eigenvalue weighted by molar-refractivity contribution is 0.0996. The highest BCUT2D eigenvalue weighted by atomic mass is 127. The van der Waals surface area contributed by atoms with Gasteiger partial charge in [0.25, 0.3) is 5.91 Å². The molecule has 3 rings (SSSR count). The van der Waals surface area contributed by atoms with Crippen molar-refractivity contribution < 1.29 is 9.21 Å². The van der Waals surface area contributed by atoms with Gasteiger partial charge >= 0.3 is 0 Å². The van der Waals surface area contributed by atoms with E-state index in [1.807, 2.05) is 24.3 Å². The van der Waals surface area contributed by atoms with E-state index < -0.39 is 0 Å². The highest BCUT2D eigenvalue weighted by Gasteiger charge is 2.09. The summed E-state index contributed by atoms with van der Waals surface area (Å²) in [4.78, 5) is 18.2. The first-order valence-corrected chi connectivity index (χ1v) is 11.0. The van der Waals surface area contributed by atoms with Crippen LogP contribution in [0.25, 0.3) is 0 Å². The van der Waals surface area contributed by atoms with Gasteiger partial charge in [-0.1, -0.05) is 25.1 Å². The van der Waals surface area contributed by atoms with Gasteiger partial charge in [-0.05, 0) is 60.5 Å². The number of nitrogens with one attached hydrogen (secondary N) is 3. The fourth-order valence-electron chi connectivity index (χ4n) is 2.98. The van der Waals surface area contributed by atoms with Crippen LogP contribution in [0.1, 0.15) is 34.8 Å². The number of carbonyl (C=O) groups is 1. The molecule has 1 unspecified atom stereocenters. The van der Waals surface area contributed by atoms with Gasteiger partial charge in [0.05, 0.1) is 12.8 Å². The van der Waals surface area contributed by atoms with Crippen LogP contribution in [0.5, 0.6) is 0 Å². The smallest absolute Gasteiger partial charge is 0.291 e. The molecule has 0 fully saturated rings. The number of anilines is 1. The van der Waals surface area contributed by atoms with Gasteiger partial charge in [-0.3, -0.25) is 4.79 Å². The fraction of sp³-hybridized carbons (Fsp3) is 0.304. The van der Waals surface area contributed by atoms with Crippen LogP contribution < -0.4 is 16.0 Å². The van der Waals surface area contributed by atoms with Crippen LogP contribution in [0.3, 0.4) is 0 Å². The van der Waals surface area contributed by atoms with Crippen molar-refractivity contribution in [2.24, 2.45) is 10.9 Å². The Kier molecular flexibility index (Phi) is 10.6. The predicted octanol–water partition coefficient (Wildman–Crippen LogP) is 5.15. The predicted molar refractivity (Wildman–Crippen MR) is 139 cm³/mol. The van der Waals surface area contributed by atoms with Gasteiger partial charge < -0.3 is 20.4 Å². The first-order chi connectivity index (χ1) is 14.6. The summed E-state index contributed by atoms with van der Waals surface area (Å²) < 4.78 is 5.13. The summed E-state index contributed by atoms with van der Waals surface area (Å²) in [6.45, 7) is 6.45. The van der Waals surface area contributed by atoms with Crippen molar-refractivity contribution in [3.05, 3.63) is 76.4 Å². The first kappa shape index (κ1) is 24.9. The third-order valence-electron chi connectivity index (χ3n) is 4.44. The largest absolute Gasteiger partial charge is 0.459 e. The van der Waals surface area contributed by atoms with E-state index in [9.17, 15) is 4.79 Å². The number of guanidine groups is 1. The van der Waals surface area contributed by atoms with Crippen molar-refractivity contribution in [1.82, 2.24) is 10.6 Å². The zero-order valence-corrected chi connectivity index (χ0v) is 20.9. The summed E-state index contributed by atoms with van der Waals surface area (Å²) >= 11 is 1.80. The minimum Gasteiger partial charge on any atom is -0.459 e. The minimum absolute atomic E-state index is 0. The maximum absolute atomic E-state index is 12.1. The zero-order valence-electron chi connectivity index (χ0n) is 17.8. The quantitative estimate of drug-likeness (QED) is 0.195. The van der Waals surface area contributed by atoms with Crippen LogP contribution in [0, 0.1) is 5.92 Å². The van der Waals surface area contributed by atoms with Crippen LogP contribution in [0.15, 0.2) is 69.6 Å². The number of nitrogens with zero attached hydrogens (tertiary/aromatic N) is 1. The number of rotatable bonds is 9. The Bertz CT molecular complexity index is 942. The molecule has 3 aromatic rings. The lowest BCUT2D eigenvalue weighted by atomic mass is 10.1. The Morgan fingerprint density at radius 1 is 1.16 bits per heavy atom. The Balaban J connectivity index is 0.00000341. The minimum atomic E-state index is -0.268. The number of furan rings is 1. The molecule has 8 heteroatoms. The molecule has 6 nitrogen and oxygen atoms in total. The standard InChI is InChI=1S/C23H28N4O2S.HI/c1-3-24-23(25-15-17(2)13-20-9-6-12-30-20)26-16-18-7-4-8-19(14-18)27-22(28)21-10-5-11-29-21;/h4-12,14,17H,3,13,15-16H2,1-2H3,(H,27,28)(H2,24,25,26);1H. The van der Waals surface area contributed by atoms with E-state index in [0.29, 0.717) is 18.2 Å². The van der Waals surface area contributed by atoms with E-state index in [0.717, 1.165) is 31.0 Å². The van der Waals surface area contributed by atoms with E-state index in [1.165, 1.54) is 11.1 Å². The molecule has 0 saturated heterocycles. The van der Waals surface area contributed by atoms with Crippen molar-refractivity contribution >= 4 is 52.9 Å². The molecule has 1 amide bonds. The first-order valence-electron chi connectivity index (χ1n) is 10.1. The third kappa shape index (κ3) is 8.37. The number of hydrogen-bond acceptors (Lipinski definition) is 4. The second-order valence-electron chi connectivity index (χ2n) is 7.10. The molecule has 0 radical (unpaired) electrons. The molecule has 2 aromatic heterocycles. The number of thiophene rings is 1. The van der Waals surface area contributed by atoms with E-state index in [1.54, 1.807) is 23.5 Å². The number of carbonyl (C=O) groups excluding carboxylic acids is 1. The number of aliphatic imine (C=N–C) groups is 1. The summed E-state index contributed by atoms with van der Waals surface area (Å²) in [6.07, 6.45) is 2.54. The number of amides is 1. The molecule has 0 spiro atoms. The maximum atomic E-state index is 12.1. The van der Waals surface area contributed by atoms with Crippen molar-refractivity contribution in [1.29, 1.82) is 0 Å². The number of hydrogen-bond donors (Lipinski definition) is 3. The molecular weight excluding hydrogens is 523 g/mol. The molecule has 0 aliphatic heterocycles. The second-order valence-corrected chi connectivity index (χ2v) is 8.13. The van der Waals surface area contributed by atoms with E-state index in [-0.39, 0.29) is 35.6 Å². The topological polar surface area (TPSA) is 78.7 Å². The summed E-state index contributed by atoms with van der Waals surface area (Å²) in [7, 11) is 0. The van der Waals surface area contributed by atoms with Crippen molar-refractivity contribution in [2.45, 2.75) is 26.8 Å². The van der Waals surface area contributed by atoms with Crippen molar-refractivity contribution in [3.8, 4) is 0 Å². The van der Waals surface area contributed by atoms with Crippen LogP contribution in [0.2, 0.25) is 0 Å². The van der Waals surface area contributed by atoms with Gasteiger partial charge in [0.2, 0.25) is 0 Å². The number of benzene rings is 1. The van der Waals surface area contributed by atoms with Gasteiger partial charge in [0.1, 0.15) is 0 Å². The van der Waals surface area contributed by atoms with E-state index >= 15 is 0 Å². The van der Waals surface area contributed by atoms with Gasteiger partial charge in [-0.25, -0.2) is 4.99 Å². The summed E-state index contributed by atoms with van der Waals surface area (Å²) in [5, 5.41) is 11.7. The van der Waals surface area contributed by atoms with Crippen molar-refractivity contribution in [2.75, 3.05) is 18.4 Å². The van der Waals surface area contributed by atoms with Gasteiger partial charge in [0, 0.05) is 23.7 Å². The van der Waals surface area contributed by atoms with Gasteiger partial charge in [-0.2, -0.15) is 0 Å². The lowest BCUT2D eigenvalue weighted by Gasteiger charge is -2.15. The lowest BCUT2D eigenvalue weighted by Crippen LogP contribution is -2.39. The fourth-order valence-corrected chi connectivity index (χ4v) is 3.85. The monoisotopic (exact) mass is 552 g/mol. The molecular formula is C23H29IN4O2S. The van der Waals surface area contributed by atoms with Crippen LogP contribution >= 0.6 is 35.3 Å². The van der Waals surface area contributed by atoms with Crippen LogP contribution in [0.4, 0.5) is 5.69 Å². The van der Waals surface area contributed by atoms with Crippen LogP contribution in [-0.4, -0.2) is 25.0 Å². The van der Waals surface area contributed by atoms with Crippen molar-refractivity contribution in [3.63, 3.8) is 0 Å². The highest BCUT2D eigenvalue weighted by Crippen LogP contribution is 2.15. The molecule has 0 aliphatic rings.